The maximum Gasteiger partial charge on any atom is 0.177 e. The SMILES string of the molecule is C/C=N\c1ncc(Cl)cc1N(C=N)NCCO. The van der Waals surface area contributed by atoms with Crippen molar-refractivity contribution < 1.29 is 5.11 Å². The largest absolute Gasteiger partial charge is 0.395 e. The van der Waals surface area contributed by atoms with Crippen molar-refractivity contribution >= 4 is 35.7 Å². The Morgan fingerprint density at radius 3 is 3.06 bits per heavy atom. The van der Waals surface area contributed by atoms with E-state index in [4.69, 9.17) is 22.1 Å². The maximum absolute atomic E-state index is 8.75. The van der Waals surface area contributed by atoms with Crippen molar-refractivity contribution in [3.05, 3.63) is 17.3 Å². The van der Waals surface area contributed by atoms with Gasteiger partial charge in [0.1, 0.15) is 12.0 Å². The van der Waals surface area contributed by atoms with Crippen LogP contribution in [0.15, 0.2) is 17.3 Å². The lowest BCUT2D eigenvalue weighted by Gasteiger charge is -2.20. The number of pyridine rings is 1. The predicted molar refractivity (Wildman–Crippen MR) is 69.4 cm³/mol. The minimum atomic E-state index is -0.0370. The van der Waals surface area contributed by atoms with Gasteiger partial charge in [0, 0.05) is 19.0 Å². The summed E-state index contributed by atoms with van der Waals surface area (Å²) in [5.74, 6) is 0.450. The number of halogens is 1. The zero-order chi connectivity index (χ0) is 12.7. The summed E-state index contributed by atoms with van der Waals surface area (Å²) in [6, 6.07) is 1.65. The lowest BCUT2D eigenvalue weighted by Crippen LogP contribution is -2.38. The first-order valence-corrected chi connectivity index (χ1v) is 5.39. The summed E-state index contributed by atoms with van der Waals surface area (Å²) in [4.78, 5) is 8.15. The topological polar surface area (TPSA) is 84.6 Å². The molecule has 0 aromatic carbocycles. The van der Waals surface area contributed by atoms with Gasteiger partial charge in [-0.25, -0.2) is 15.4 Å². The fourth-order valence-electron chi connectivity index (χ4n) is 1.19. The molecule has 0 amide bonds. The van der Waals surface area contributed by atoms with E-state index in [0.717, 1.165) is 6.34 Å². The number of rotatable bonds is 6. The van der Waals surface area contributed by atoms with E-state index in [0.29, 0.717) is 23.1 Å². The van der Waals surface area contributed by atoms with E-state index in [1.807, 2.05) is 0 Å². The molecule has 0 aliphatic heterocycles. The highest BCUT2D eigenvalue weighted by atomic mass is 35.5. The number of hydrogen-bond donors (Lipinski definition) is 3. The number of aliphatic hydroxyl groups excluding tert-OH is 1. The monoisotopic (exact) mass is 255 g/mol. The summed E-state index contributed by atoms with van der Waals surface area (Å²) < 4.78 is 0. The first-order valence-electron chi connectivity index (χ1n) is 5.01. The van der Waals surface area contributed by atoms with Crippen LogP contribution < -0.4 is 10.4 Å². The minimum Gasteiger partial charge on any atom is -0.395 e. The molecule has 7 heteroatoms. The Labute approximate surface area is 104 Å². The van der Waals surface area contributed by atoms with Crippen molar-refractivity contribution in [2.24, 2.45) is 4.99 Å². The van der Waals surface area contributed by atoms with Crippen molar-refractivity contribution in [2.75, 3.05) is 18.2 Å². The normalized spacial score (nSPS) is 10.8. The molecule has 0 saturated heterocycles. The Kier molecular flexibility index (Phi) is 5.55. The standard InChI is InChI=1S/C10H14ClN5O/c1-2-13-10-9(5-8(11)6-14-10)16(7-12)15-3-4-17/h2,5-7,12,15,17H,3-4H2,1H3/b12-7?,13-2-. The van der Waals surface area contributed by atoms with Crippen molar-refractivity contribution in [2.45, 2.75) is 6.92 Å². The summed E-state index contributed by atoms with van der Waals surface area (Å²) in [7, 11) is 0. The number of nitrogens with zero attached hydrogens (tertiary/aromatic N) is 3. The van der Waals surface area contributed by atoms with Gasteiger partial charge in [0.2, 0.25) is 0 Å². The van der Waals surface area contributed by atoms with E-state index < -0.39 is 0 Å². The summed E-state index contributed by atoms with van der Waals surface area (Å²) >= 11 is 5.86. The van der Waals surface area contributed by atoms with Gasteiger partial charge in [-0.1, -0.05) is 11.6 Å². The van der Waals surface area contributed by atoms with Crippen LogP contribution in [0.2, 0.25) is 5.02 Å². The number of aliphatic imine (C=N–C) groups is 1. The Morgan fingerprint density at radius 2 is 2.47 bits per heavy atom. The van der Waals surface area contributed by atoms with Gasteiger partial charge in [0.05, 0.1) is 11.6 Å². The van der Waals surface area contributed by atoms with Crippen molar-refractivity contribution in [1.82, 2.24) is 10.4 Å². The van der Waals surface area contributed by atoms with E-state index in [1.54, 1.807) is 19.2 Å². The third kappa shape index (κ3) is 3.77. The summed E-state index contributed by atoms with van der Waals surface area (Å²) in [6.07, 6.45) is 4.16. The molecule has 0 aliphatic rings. The summed E-state index contributed by atoms with van der Waals surface area (Å²) in [5.41, 5.74) is 3.38. The predicted octanol–water partition coefficient (Wildman–Crippen LogP) is 1.37. The maximum atomic E-state index is 8.75. The van der Waals surface area contributed by atoms with Crippen LogP contribution in [0.5, 0.6) is 0 Å². The molecule has 3 N–H and O–H groups in total. The third-order valence-electron chi connectivity index (χ3n) is 1.85. The number of aliphatic hydroxyl groups is 1. The number of anilines is 1. The quantitative estimate of drug-likeness (QED) is 0.407. The third-order valence-corrected chi connectivity index (χ3v) is 2.05. The van der Waals surface area contributed by atoms with Gasteiger partial charge in [-0.2, -0.15) is 0 Å². The minimum absolute atomic E-state index is 0.0370. The molecule has 1 aromatic heterocycles. The molecule has 1 aromatic rings. The molecule has 17 heavy (non-hydrogen) atoms. The fraction of sp³-hybridized carbons (Fsp3) is 0.300. The van der Waals surface area contributed by atoms with Crippen LogP contribution in [0.25, 0.3) is 0 Å². The molecule has 0 aliphatic carbocycles. The molecule has 0 atom stereocenters. The van der Waals surface area contributed by atoms with Crippen LogP contribution in [0.3, 0.4) is 0 Å². The van der Waals surface area contributed by atoms with Gasteiger partial charge in [0.15, 0.2) is 5.82 Å². The van der Waals surface area contributed by atoms with Gasteiger partial charge in [-0.05, 0) is 13.0 Å². The van der Waals surface area contributed by atoms with Crippen LogP contribution in [-0.4, -0.2) is 35.8 Å². The van der Waals surface area contributed by atoms with Crippen LogP contribution in [-0.2, 0) is 0 Å². The molecule has 0 saturated carbocycles. The summed E-state index contributed by atoms with van der Waals surface area (Å²) in [6.45, 7) is 2.05. The number of hydrazine groups is 1. The highest BCUT2D eigenvalue weighted by molar-refractivity contribution is 6.30. The Hall–Kier alpha value is -1.50. The molecule has 92 valence electrons. The second-order valence-electron chi connectivity index (χ2n) is 3.01. The molecule has 0 spiro atoms. The second kappa shape index (κ2) is 6.95. The van der Waals surface area contributed by atoms with E-state index in [2.05, 4.69) is 15.4 Å². The zero-order valence-corrected chi connectivity index (χ0v) is 10.1. The van der Waals surface area contributed by atoms with E-state index in [9.17, 15) is 0 Å². The van der Waals surface area contributed by atoms with Gasteiger partial charge < -0.3 is 5.11 Å². The first-order chi connectivity index (χ1) is 8.22. The Bertz CT molecular complexity index is 410. The van der Waals surface area contributed by atoms with E-state index >= 15 is 0 Å². The molecule has 0 fully saturated rings. The molecule has 1 heterocycles. The van der Waals surface area contributed by atoms with Gasteiger partial charge >= 0.3 is 0 Å². The van der Waals surface area contributed by atoms with Gasteiger partial charge in [-0.3, -0.25) is 10.4 Å². The highest BCUT2D eigenvalue weighted by Gasteiger charge is 2.10. The lowest BCUT2D eigenvalue weighted by molar-refractivity contribution is 0.293. The molecular weight excluding hydrogens is 242 g/mol. The Balaban J connectivity index is 3.06. The van der Waals surface area contributed by atoms with E-state index in [1.165, 1.54) is 11.2 Å². The highest BCUT2D eigenvalue weighted by Crippen LogP contribution is 2.27. The van der Waals surface area contributed by atoms with Gasteiger partial charge in [-0.15, -0.1) is 0 Å². The average Bonchev–Trinajstić information content (AvgIpc) is 2.33. The lowest BCUT2D eigenvalue weighted by atomic mass is 10.4. The molecule has 6 nitrogen and oxygen atoms in total. The van der Waals surface area contributed by atoms with Crippen LogP contribution in [0, 0.1) is 5.41 Å². The number of aromatic nitrogens is 1. The van der Waals surface area contributed by atoms with Crippen LogP contribution in [0.1, 0.15) is 6.92 Å². The Morgan fingerprint density at radius 1 is 1.71 bits per heavy atom. The number of hydrogen-bond acceptors (Lipinski definition) is 5. The molecule has 0 unspecified atom stereocenters. The van der Waals surface area contributed by atoms with Crippen molar-refractivity contribution in [3.8, 4) is 0 Å². The fourth-order valence-corrected chi connectivity index (χ4v) is 1.34. The molecule has 1 rings (SSSR count). The zero-order valence-electron chi connectivity index (χ0n) is 9.39. The van der Waals surface area contributed by atoms with Crippen LogP contribution in [0.4, 0.5) is 11.5 Å². The van der Waals surface area contributed by atoms with Crippen molar-refractivity contribution in [1.29, 1.82) is 5.41 Å². The van der Waals surface area contributed by atoms with Gasteiger partial charge in [0.25, 0.3) is 0 Å². The van der Waals surface area contributed by atoms with Crippen LogP contribution >= 0.6 is 11.6 Å². The second-order valence-corrected chi connectivity index (χ2v) is 3.45. The summed E-state index contributed by atoms with van der Waals surface area (Å²) in [5, 5.41) is 17.9. The van der Waals surface area contributed by atoms with E-state index in [-0.39, 0.29) is 6.61 Å². The molecular formula is C10H14ClN5O. The molecule has 0 bridgehead atoms. The number of nitrogens with one attached hydrogen (secondary N) is 2. The average molecular weight is 256 g/mol. The smallest absolute Gasteiger partial charge is 0.177 e. The van der Waals surface area contributed by atoms with Crippen molar-refractivity contribution in [3.63, 3.8) is 0 Å². The molecule has 0 radical (unpaired) electrons. The first kappa shape index (κ1) is 13.6.